The van der Waals surface area contributed by atoms with Gasteiger partial charge in [0, 0.05) is 12.3 Å². The summed E-state index contributed by atoms with van der Waals surface area (Å²) in [5.41, 5.74) is -3.99. The lowest BCUT2D eigenvalue weighted by molar-refractivity contribution is -0.235. The largest absolute Gasteiger partial charge is 0.462 e. The smallest absolute Gasteiger partial charge is 0.302 e. The highest BCUT2D eigenvalue weighted by Gasteiger charge is 2.61. The van der Waals surface area contributed by atoms with Crippen LogP contribution in [0.5, 0.6) is 0 Å². The molecule has 2 N–H and O–H groups in total. The number of hydrogen-bond acceptors (Lipinski definition) is 5. The molecule has 5 heteroatoms. The molecule has 0 saturated heterocycles. The second-order valence-corrected chi connectivity index (χ2v) is 6.34. The van der Waals surface area contributed by atoms with Crippen molar-refractivity contribution in [2.24, 2.45) is 5.41 Å². The molecule has 0 aromatic carbocycles. The average Bonchev–Trinajstić information content (AvgIpc) is 2.28. The molecule has 20 heavy (non-hydrogen) atoms. The van der Waals surface area contributed by atoms with Gasteiger partial charge in [-0.3, -0.25) is 9.59 Å². The van der Waals surface area contributed by atoms with Gasteiger partial charge in [-0.05, 0) is 38.8 Å². The lowest BCUT2D eigenvalue weighted by Crippen LogP contribution is -2.67. The molecular weight excluding hydrogens is 260 g/mol. The molecule has 1 rings (SSSR count). The summed E-state index contributed by atoms with van der Waals surface area (Å²) in [4.78, 5) is 22.3. The Morgan fingerprint density at radius 2 is 1.75 bits per heavy atom. The van der Waals surface area contributed by atoms with E-state index in [9.17, 15) is 19.8 Å². The molecule has 1 saturated carbocycles. The van der Waals surface area contributed by atoms with E-state index in [2.05, 4.69) is 0 Å². The summed E-state index contributed by atoms with van der Waals surface area (Å²) in [7, 11) is 0. The van der Waals surface area contributed by atoms with Crippen molar-refractivity contribution in [2.75, 3.05) is 0 Å². The number of carbonyl (C=O) groups excluding carboxylic acids is 2. The Morgan fingerprint density at radius 3 is 2.20 bits per heavy atom. The summed E-state index contributed by atoms with van der Waals surface area (Å²) in [6, 6.07) is 0. The number of aliphatic hydroxyl groups is 2. The maximum Gasteiger partial charge on any atom is 0.302 e. The van der Waals surface area contributed by atoms with Gasteiger partial charge in [-0.15, -0.1) is 0 Å². The molecule has 0 unspecified atom stereocenters. The zero-order valence-electron chi connectivity index (χ0n) is 12.8. The molecule has 1 aliphatic rings. The van der Waals surface area contributed by atoms with Crippen molar-refractivity contribution in [3.63, 3.8) is 0 Å². The van der Waals surface area contributed by atoms with Crippen molar-refractivity contribution in [1.29, 1.82) is 0 Å². The first-order valence-corrected chi connectivity index (χ1v) is 6.76. The second kappa shape index (κ2) is 5.30. The van der Waals surface area contributed by atoms with Crippen LogP contribution in [-0.2, 0) is 14.3 Å². The topological polar surface area (TPSA) is 83.8 Å². The van der Waals surface area contributed by atoms with Crippen LogP contribution in [0.3, 0.4) is 0 Å². The van der Waals surface area contributed by atoms with Crippen molar-refractivity contribution in [2.45, 2.75) is 64.8 Å². The summed E-state index contributed by atoms with van der Waals surface area (Å²) in [5, 5.41) is 21.5. The van der Waals surface area contributed by atoms with Crippen LogP contribution in [0.2, 0.25) is 0 Å². The predicted molar refractivity (Wildman–Crippen MR) is 74.0 cm³/mol. The monoisotopic (exact) mass is 284 g/mol. The lowest BCUT2D eigenvalue weighted by Gasteiger charge is -2.56. The quantitative estimate of drug-likeness (QED) is 0.604. The molecule has 0 bridgehead atoms. The van der Waals surface area contributed by atoms with E-state index in [-0.39, 0.29) is 12.2 Å². The normalized spacial score (nSPS) is 36.9. The number of ketones is 1. The van der Waals surface area contributed by atoms with Crippen LogP contribution in [0.25, 0.3) is 0 Å². The van der Waals surface area contributed by atoms with Crippen LogP contribution in [-0.4, -0.2) is 39.3 Å². The van der Waals surface area contributed by atoms with E-state index >= 15 is 0 Å². The highest BCUT2D eigenvalue weighted by Crippen LogP contribution is 2.51. The first-order chi connectivity index (χ1) is 8.94. The van der Waals surface area contributed by atoms with Crippen molar-refractivity contribution in [1.82, 2.24) is 0 Å². The van der Waals surface area contributed by atoms with Gasteiger partial charge in [0.25, 0.3) is 0 Å². The second-order valence-electron chi connectivity index (χ2n) is 6.34. The Balaban J connectivity index is 3.25. The van der Waals surface area contributed by atoms with Gasteiger partial charge in [-0.25, -0.2) is 0 Å². The van der Waals surface area contributed by atoms with Crippen LogP contribution in [0.15, 0.2) is 12.2 Å². The Labute approximate surface area is 119 Å². The van der Waals surface area contributed by atoms with E-state index in [1.807, 2.05) is 0 Å². The summed E-state index contributed by atoms with van der Waals surface area (Å²) >= 11 is 0. The van der Waals surface area contributed by atoms with E-state index in [4.69, 9.17) is 4.74 Å². The van der Waals surface area contributed by atoms with E-state index in [1.165, 1.54) is 32.9 Å². The Hall–Kier alpha value is -1.20. The maximum absolute atomic E-state index is 11.2. The molecule has 0 aliphatic heterocycles. The molecule has 3 atom stereocenters. The number of ether oxygens (including phenoxy) is 1. The Kier molecular flexibility index (Phi) is 4.46. The zero-order chi connectivity index (χ0) is 15.8. The van der Waals surface area contributed by atoms with Crippen molar-refractivity contribution >= 4 is 11.8 Å². The highest BCUT2D eigenvalue weighted by molar-refractivity contribution is 5.87. The first kappa shape index (κ1) is 16.9. The molecule has 0 aromatic heterocycles. The van der Waals surface area contributed by atoms with E-state index in [1.54, 1.807) is 13.8 Å². The zero-order valence-corrected chi connectivity index (χ0v) is 12.8. The summed E-state index contributed by atoms with van der Waals surface area (Å²) in [6.45, 7) is 7.65. The molecule has 0 spiro atoms. The summed E-state index contributed by atoms with van der Waals surface area (Å²) in [6.07, 6.45) is 2.77. The van der Waals surface area contributed by atoms with Crippen LogP contribution >= 0.6 is 0 Å². The number of carbonyl (C=O) groups is 2. The van der Waals surface area contributed by atoms with Gasteiger partial charge in [0.2, 0.25) is 0 Å². The fourth-order valence-electron chi connectivity index (χ4n) is 2.94. The number of hydrogen-bond donors (Lipinski definition) is 2. The molecule has 1 fully saturated rings. The third-order valence-electron chi connectivity index (χ3n) is 4.37. The minimum atomic E-state index is -1.66. The lowest BCUT2D eigenvalue weighted by atomic mass is 9.57. The van der Waals surface area contributed by atoms with Gasteiger partial charge < -0.3 is 14.9 Å². The van der Waals surface area contributed by atoms with Crippen molar-refractivity contribution in [3.05, 3.63) is 12.2 Å². The van der Waals surface area contributed by atoms with Crippen LogP contribution in [0.1, 0.15) is 47.5 Å². The van der Waals surface area contributed by atoms with E-state index in [0.717, 1.165) is 0 Å². The number of rotatable bonds is 3. The molecular formula is C15H24O5. The number of allylic oxidation sites excluding steroid dienone is 1. The molecule has 0 radical (unpaired) electrons. The summed E-state index contributed by atoms with van der Waals surface area (Å²) < 4.78 is 5.27. The van der Waals surface area contributed by atoms with Crippen molar-refractivity contribution in [3.8, 4) is 0 Å². The van der Waals surface area contributed by atoms with Gasteiger partial charge in [0.1, 0.15) is 11.7 Å². The van der Waals surface area contributed by atoms with Crippen LogP contribution in [0.4, 0.5) is 0 Å². The number of esters is 1. The van der Waals surface area contributed by atoms with Crippen LogP contribution < -0.4 is 0 Å². The SMILES string of the molecule is CC(=O)/C=C/[C@@]1(O)C(C)(C)[C@@H](OC(C)=O)CC[C@@]1(C)O. The van der Waals surface area contributed by atoms with Gasteiger partial charge in [0.05, 0.1) is 5.60 Å². The Bertz CT molecular complexity index is 436. The average molecular weight is 284 g/mol. The van der Waals surface area contributed by atoms with E-state index < -0.39 is 28.7 Å². The van der Waals surface area contributed by atoms with Crippen molar-refractivity contribution < 1.29 is 24.5 Å². The molecule has 114 valence electrons. The van der Waals surface area contributed by atoms with Gasteiger partial charge in [-0.1, -0.05) is 13.8 Å². The molecule has 5 nitrogen and oxygen atoms in total. The third-order valence-corrected chi connectivity index (χ3v) is 4.37. The minimum Gasteiger partial charge on any atom is -0.462 e. The van der Waals surface area contributed by atoms with Gasteiger partial charge in [0.15, 0.2) is 5.78 Å². The third kappa shape index (κ3) is 2.79. The molecule has 0 heterocycles. The molecule has 0 amide bonds. The molecule has 0 aromatic rings. The standard InChI is InChI=1S/C15H24O5/c1-10(16)6-9-15(19)13(3,4)12(20-11(2)17)7-8-14(15,5)18/h6,9,12,18-19H,7-8H2,1-5H3/b9-6+/t12-,14+,15+/m0/s1. The highest BCUT2D eigenvalue weighted by atomic mass is 16.5. The van der Waals surface area contributed by atoms with Gasteiger partial charge >= 0.3 is 5.97 Å². The fourth-order valence-corrected chi connectivity index (χ4v) is 2.94. The van der Waals surface area contributed by atoms with E-state index in [0.29, 0.717) is 6.42 Å². The minimum absolute atomic E-state index is 0.223. The van der Waals surface area contributed by atoms with Crippen LogP contribution in [0, 0.1) is 5.41 Å². The molecule has 1 aliphatic carbocycles. The van der Waals surface area contributed by atoms with Gasteiger partial charge in [-0.2, -0.15) is 0 Å². The fraction of sp³-hybridized carbons (Fsp3) is 0.733. The first-order valence-electron chi connectivity index (χ1n) is 6.76. The predicted octanol–water partition coefficient (Wildman–Crippen LogP) is 1.37. The maximum atomic E-state index is 11.2. The Morgan fingerprint density at radius 1 is 1.20 bits per heavy atom. The summed E-state index contributed by atoms with van der Waals surface area (Å²) in [5.74, 6) is -0.651.